The minimum Gasteiger partial charge on any atom is -0.152 e. The average molecular weight is 180 g/mol. The van der Waals surface area contributed by atoms with Crippen molar-refractivity contribution in [2.75, 3.05) is 0 Å². The van der Waals surface area contributed by atoms with Crippen molar-refractivity contribution in [2.24, 2.45) is 0 Å². The van der Waals surface area contributed by atoms with E-state index in [0.717, 1.165) is 0 Å². The third kappa shape index (κ3) is 2.56. The summed E-state index contributed by atoms with van der Waals surface area (Å²) in [6.45, 7) is 4.25. The first-order valence-electron chi connectivity index (χ1n) is 4.53. The van der Waals surface area contributed by atoms with Crippen molar-refractivity contribution in [1.29, 1.82) is 0 Å². The predicted octanol–water partition coefficient (Wildman–Crippen LogP) is 3.85. The smallest absolute Gasteiger partial charge is 0.0190 e. The molecule has 0 aliphatic carbocycles. The van der Waals surface area contributed by atoms with Crippen LogP contribution >= 0.6 is 11.8 Å². The molecular formula is C11H16S. The molecule has 0 aromatic heterocycles. The van der Waals surface area contributed by atoms with E-state index in [4.69, 9.17) is 0 Å². The van der Waals surface area contributed by atoms with Crippen LogP contribution in [0.3, 0.4) is 0 Å². The molecule has 0 saturated carbocycles. The molecule has 0 atom stereocenters. The van der Waals surface area contributed by atoms with Crippen LogP contribution in [-0.4, -0.2) is 0 Å². The largest absolute Gasteiger partial charge is 0.152 e. The first-order chi connectivity index (χ1) is 5.88. The maximum absolute atomic E-state index is 2.22. The Kier molecular flexibility index (Phi) is 4.23. The van der Waals surface area contributed by atoms with Gasteiger partial charge in [-0.05, 0) is 11.1 Å². The summed E-state index contributed by atoms with van der Waals surface area (Å²) in [5, 5.41) is 0. The van der Waals surface area contributed by atoms with Crippen LogP contribution in [0.15, 0.2) is 24.3 Å². The number of hydrogen-bond acceptors (Lipinski definition) is 1. The summed E-state index contributed by atoms with van der Waals surface area (Å²) in [6, 6.07) is 8.67. The fraction of sp³-hybridized carbons (Fsp3) is 0.455. The van der Waals surface area contributed by atoms with E-state index in [0.29, 0.717) is 0 Å². The second-order valence-corrected chi connectivity index (χ2v) is 3.95. The summed E-state index contributed by atoms with van der Waals surface area (Å²) in [7, 11) is 0. The molecule has 1 heterocycles. The van der Waals surface area contributed by atoms with Gasteiger partial charge >= 0.3 is 0 Å². The minimum atomic E-state index is 1.22. The van der Waals surface area contributed by atoms with Crippen molar-refractivity contribution >= 4 is 11.8 Å². The molecule has 2 rings (SSSR count). The molecule has 1 heteroatoms. The second-order valence-electron chi connectivity index (χ2n) is 2.97. The molecule has 0 fully saturated rings. The molecule has 1 aromatic rings. The predicted molar refractivity (Wildman–Crippen MR) is 57.4 cm³/mol. The molecule has 1 aliphatic rings. The minimum absolute atomic E-state index is 1.22. The van der Waals surface area contributed by atoms with Gasteiger partial charge < -0.3 is 0 Å². The highest BCUT2D eigenvalue weighted by Crippen LogP contribution is 2.28. The lowest BCUT2D eigenvalue weighted by atomic mass is 10.1. The molecule has 66 valence electrons. The summed E-state index contributed by atoms with van der Waals surface area (Å²) in [5.41, 5.74) is 3.06. The molecule has 1 aromatic carbocycles. The summed E-state index contributed by atoms with van der Waals surface area (Å²) in [5.74, 6) is 2.44. The van der Waals surface area contributed by atoms with E-state index in [9.17, 15) is 0 Å². The van der Waals surface area contributed by atoms with Crippen molar-refractivity contribution in [3.8, 4) is 0 Å². The summed E-state index contributed by atoms with van der Waals surface area (Å²) < 4.78 is 0. The lowest BCUT2D eigenvalue weighted by Crippen LogP contribution is -1.77. The van der Waals surface area contributed by atoms with Crippen LogP contribution in [0.25, 0.3) is 0 Å². The Balaban J connectivity index is 0.000000213. The first-order valence-corrected chi connectivity index (χ1v) is 5.68. The SMILES string of the molecule is CCC.c1ccc2c(c1)CSC2. The number of fused-ring (bicyclic) bond motifs is 1. The van der Waals surface area contributed by atoms with Crippen molar-refractivity contribution in [3.63, 3.8) is 0 Å². The fourth-order valence-electron chi connectivity index (χ4n) is 1.11. The van der Waals surface area contributed by atoms with Crippen LogP contribution in [0.4, 0.5) is 0 Å². The molecule has 0 amide bonds. The fourth-order valence-corrected chi connectivity index (χ4v) is 2.22. The molecule has 0 saturated heterocycles. The van der Waals surface area contributed by atoms with Crippen molar-refractivity contribution in [3.05, 3.63) is 35.4 Å². The van der Waals surface area contributed by atoms with Gasteiger partial charge in [0.15, 0.2) is 0 Å². The second kappa shape index (κ2) is 5.26. The van der Waals surface area contributed by atoms with Gasteiger partial charge in [0.1, 0.15) is 0 Å². The Labute approximate surface area is 79.4 Å². The zero-order chi connectivity index (χ0) is 8.81. The zero-order valence-electron chi connectivity index (χ0n) is 7.84. The highest BCUT2D eigenvalue weighted by atomic mass is 32.2. The maximum Gasteiger partial charge on any atom is 0.0190 e. The van der Waals surface area contributed by atoms with Gasteiger partial charge in [0.05, 0.1) is 0 Å². The van der Waals surface area contributed by atoms with E-state index in [2.05, 4.69) is 38.1 Å². The van der Waals surface area contributed by atoms with Crippen LogP contribution in [0.2, 0.25) is 0 Å². The zero-order valence-corrected chi connectivity index (χ0v) is 8.66. The van der Waals surface area contributed by atoms with Crippen molar-refractivity contribution in [1.82, 2.24) is 0 Å². The molecule has 0 nitrogen and oxygen atoms in total. The maximum atomic E-state index is 2.22. The third-order valence-electron chi connectivity index (χ3n) is 1.63. The normalized spacial score (nSPS) is 13.2. The topological polar surface area (TPSA) is 0 Å². The van der Waals surface area contributed by atoms with Gasteiger partial charge in [-0.25, -0.2) is 0 Å². The van der Waals surface area contributed by atoms with E-state index >= 15 is 0 Å². The lowest BCUT2D eigenvalue weighted by Gasteiger charge is -1.91. The van der Waals surface area contributed by atoms with Crippen LogP contribution in [0.5, 0.6) is 0 Å². The van der Waals surface area contributed by atoms with Gasteiger partial charge in [0, 0.05) is 11.5 Å². The highest BCUT2D eigenvalue weighted by Gasteiger charge is 2.07. The van der Waals surface area contributed by atoms with Crippen LogP contribution in [0.1, 0.15) is 31.4 Å². The Morgan fingerprint density at radius 3 is 1.92 bits per heavy atom. The molecule has 0 spiro atoms. The van der Waals surface area contributed by atoms with E-state index in [1.54, 1.807) is 0 Å². The molecule has 0 radical (unpaired) electrons. The third-order valence-corrected chi connectivity index (χ3v) is 2.66. The van der Waals surface area contributed by atoms with Gasteiger partial charge in [-0.15, -0.1) is 0 Å². The first kappa shape index (κ1) is 9.66. The molecule has 1 aliphatic heterocycles. The molecule has 0 N–H and O–H groups in total. The summed E-state index contributed by atoms with van der Waals surface area (Å²) >= 11 is 2.00. The summed E-state index contributed by atoms with van der Waals surface area (Å²) in [4.78, 5) is 0. The van der Waals surface area contributed by atoms with Gasteiger partial charge in [0.25, 0.3) is 0 Å². The molecule has 0 bridgehead atoms. The number of thioether (sulfide) groups is 1. The number of hydrogen-bond donors (Lipinski definition) is 0. The molecule has 0 unspecified atom stereocenters. The Morgan fingerprint density at radius 1 is 1.08 bits per heavy atom. The number of benzene rings is 1. The van der Waals surface area contributed by atoms with E-state index in [1.807, 2.05) is 11.8 Å². The molecule has 12 heavy (non-hydrogen) atoms. The summed E-state index contributed by atoms with van der Waals surface area (Å²) in [6.07, 6.45) is 1.25. The Bertz CT molecular complexity index is 207. The van der Waals surface area contributed by atoms with E-state index in [-0.39, 0.29) is 0 Å². The van der Waals surface area contributed by atoms with Gasteiger partial charge in [-0.1, -0.05) is 44.5 Å². The van der Waals surface area contributed by atoms with Crippen molar-refractivity contribution < 1.29 is 0 Å². The van der Waals surface area contributed by atoms with Crippen LogP contribution in [-0.2, 0) is 11.5 Å². The highest BCUT2D eigenvalue weighted by molar-refractivity contribution is 7.98. The van der Waals surface area contributed by atoms with Crippen molar-refractivity contribution in [2.45, 2.75) is 31.8 Å². The molecular weight excluding hydrogens is 164 g/mol. The van der Waals surface area contributed by atoms with Gasteiger partial charge in [-0.3, -0.25) is 0 Å². The quantitative estimate of drug-likeness (QED) is 0.584. The van der Waals surface area contributed by atoms with Gasteiger partial charge in [0.2, 0.25) is 0 Å². The standard InChI is InChI=1S/C8H8S.C3H8/c1-2-4-8-6-9-5-7(8)3-1;1-3-2/h1-4H,5-6H2;3H2,1-2H3. The Hall–Kier alpha value is -0.430. The Morgan fingerprint density at radius 2 is 1.50 bits per heavy atom. The van der Waals surface area contributed by atoms with E-state index in [1.165, 1.54) is 29.1 Å². The lowest BCUT2D eigenvalue weighted by molar-refractivity contribution is 1.09. The monoisotopic (exact) mass is 180 g/mol. The average Bonchev–Trinajstić information content (AvgIpc) is 2.52. The van der Waals surface area contributed by atoms with Crippen LogP contribution in [0, 0.1) is 0 Å². The number of rotatable bonds is 0. The van der Waals surface area contributed by atoms with E-state index < -0.39 is 0 Å². The van der Waals surface area contributed by atoms with Crippen LogP contribution < -0.4 is 0 Å². The van der Waals surface area contributed by atoms with Gasteiger partial charge in [-0.2, -0.15) is 11.8 Å².